The summed E-state index contributed by atoms with van der Waals surface area (Å²) >= 11 is 1.87. The van der Waals surface area contributed by atoms with Gasteiger partial charge in [0.25, 0.3) is 0 Å². The molecule has 0 bridgehead atoms. The van der Waals surface area contributed by atoms with E-state index in [-0.39, 0.29) is 0 Å². The number of nitrogens with zero attached hydrogens (tertiary/aromatic N) is 2. The van der Waals surface area contributed by atoms with E-state index in [0.717, 1.165) is 25.2 Å². The van der Waals surface area contributed by atoms with Gasteiger partial charge in [-0.1, -0.05) is 6.92 Å². The highest BCUT2D eigenvalue weighted by molar-refractivity contribution is 7.12. The summed E-state index contributed by atoms with van der Waals surface area (Å²) in [6, 6.07) is 4.81. The van der Waals surface area contributed by atoms with Crippen molar-refractivity contribution in [1.82, 2.24) is 14.9 Å². The van der Waals surface area contributed by atoms with Gasteiger partial charge >= 0.3 is 0 Å². The van der Waals surface area contributed by atoms with E-state index in [9.17, 15) is 0 Å². The molecule has 1 unspecified atom stereocenters. The van der Waals surface area contributed by atoms with Crippen molar-refractivity contribution >= 4 is 11.3 Å². The molecule has 18 heavy (non-hydrogen) atoms. The molecule has 0 saturated carbocycles. The molecule has 0 aliphatic carbocycles. The van der Waals surface area contributed by atoms with Gasteiger partial charge in [-0.25, -0.2) is 4.98 Å². The van der Waals surface area contributed by atoms with E-state index in [1.54, 1.807) is 0 Å². The van der Waals surface area contributed by atoms with E-state index in [4.69, 9.17) is 0 Å². The number of thiophene rings is 1. The second-order valence-electron chi connectivity index (χ2n) is 4.61. The number of hydrogen-bond acceptors (Lipinski definition) is 3. The van der Waals surface area contributed by atoms with Crippen molar-refractivity contribution in [3.05, 3.63) is 40.1 Å². The van der Waals surface area contributed by atoms with E-state index < -0.39 is 0 Å². The monoisotopic (exact) mass is 263 g/mol. The summed E-state index contributed by atoms with van der Waals surface area (Å²) in [6.45, 7) is 5.41. The average molecular weight is 263 g/mol. The molecule has 3 nitrogen and oxygen atoms in total. The Morgan fingerprint density at radius 2 is 2.28 bits per heavy atom. The van der Waals surface area contributed by atoms with E-state index in [0.29, 0.717) is 6.04 Å². The largest absolute Gasteiger partial charge is 0.338 e. The minimum Gasteiger partial charge on any atom is -0.338 e. The number of hydrogen-bond donors (Lipinski definition) is 1. The van der Waals surface area contributed by atoms with Crippen molar-refractivity contribution in [1.29, 1.82) is 0 Å². The number of imidazole rings is 1. The van der Waals surface area contributed by atoms with Crippen LogP contribution in [0.25, 0.3) is 0 Å². The van der Waals surface area contributed by atoms with Crippen molar-refractivity contribution in [3.8, 4) is 0 Å². The van der Waals surface area contributed by atoms with Crippen LogP contribution in [0.4, 0.5) is 0 Å². The molecule has 2 heterocycles. The predicted molar refractivity (Wildman–Crippen MR) is 77.0 cm³/mol. The summed E-state index contributed by atoms with van der Waals surface area (Å²) in [6.07, 6.45) is 5.97. The van der Waals surface area contributed by atoms with Gasteiger partial charge in [-0.3, -0.25) is 0 Å². The maximum atomic E-state index is 4.42. The lowest BCUT2D eigenvalue weighted by Crippen LogP contribution is -2.24. The Labute approximate surface area is 113 Å². The number of rotatable bonds is 6. The first-order valence-corrected chi connectivity index (χ1v) is 7.28. The molecule has 0 saturated heterocycles. The van der Waals surface area contributed by atoms with Gasteiger partial charge in [0.15, 0.2) is 0 Å². The van der Waals surface area contributed by atoms with Gasteiger partial charge in [0.2, 0.25) is 0 Å². The quantitative estimate of drug-likeness (QED) is 0.868. The van der Waals surface area contributed by atoms with Crippen molar-refractivity contribution < 1.29 is 0 Å². The lowest BCUT2D eigenvalue weighted by Gasteiger charge is -2.17. The minimum atomic E-state index is 0.379. The lowest BCUT2D eigenvalue weighted by molar-refractivity contribution is 0.519. The smallest absolute Gasteiger partial charge is 0.110 e. The van der Waals surface area contributed by atoms with Crippen LogP contribution in [0.2, 0.25) is 0 Å². The molecule has 0 aliphatic rings. The topological polar surface area (TPSA) is 29.9 Å². The van der Waals surface area contributed by atoms with Crippen LogP contribution >= 0.6 is 11.3 Å². The van der Waals surface area contributed by atoms with Crippen LogP contribution in [0, 0.1) is 6.92 Å². The van der Waals surface area contributed by atoms with E-state index in [2.05, 4.69) is 47.9 Å². The Kier molecular flexibility index (Phi) is 4.55. The third-order valence-corrected chi connectivity index (χ3v) is 4.17. The highest BCUT2D eigenvalue weighted by Gasteiger charge is 2.15. The normalized spacial score (nSPS) is 12.8. The summed E-state index contributed by atoms with van der Waals surface area (Å²) in [5.74, 6) is 1.13. The van der Waals surface area contributed by atoms with Crippen LogP contribution in [0.5, 0.6) is 0 Å². The highest BCUT2D eigenvalue weighted by Crippen LogP contribution is 2.25. The average Bonchev–Trinajstić information content (AvgIpc) is 2.94. The first kappa shape index (κ1) is 13.3. The van der Waals surface area contributed by atoms with E-state index in [1.807, 2.05) is 23.7 Å². The SMILES string of the molecule is CCCNC(Cc1nccn1C)c1ccc(C)s1. The van der Waals surface area contributed by atoms with Crippen LogP contribution in [-0.2, 0) is 13.5 Å². The molecule has 0 aromatic carbocycles. The molecular weight excluding hydrogens is 242 g/mol. The molecule has 0 fully saturated rings. The first-order valence-electron chi connectivity index (χ1n) is 6.46. The second kappa shape index (κ2) is 6.16. The minimum absolute atomic E-state index is 0.379. The van der Waals surface area contributed by atoms with Gasteiger partial charge in [0.05, 0.1) is 0 Å². The molecule has 0 aliphatic heterocycles. The Hall–Kier alpha value is -1.13. The Balaban J connectivity index is 2.12. The second-order valence-corrected chi connectivity index (χ2v) is 5.93. The van der Waals surface area contributed by atoms with Gasteiger partial charge in [0, 0.05) is 41.7 Å². The van der Waals surface area contributed by atoms with Crippen LogP contribution in [0.3, 0.4) is 0 Å². The zero-order chi connectivity index (χ0) is 13.0. The molecule has 98 valence electrons. The Morgan fingerprint density at radius 1 is 1.44 bits per heavy atom. The molecule has 4 heteroatoms. The zero-order valence-electron chi connectivity index (χ0n) is 11.3. The lowest BCUT2D eigenvalue weighted by atomic mass is 10.1. The molecule has 2 rings (SSSR count). The molecule has 1 N–H and O–H groups in total. The summed E-state index contributed by atoms with van der Waals surface area (Å²) in [5, 5.41) is 3.62. The van der Waals surface area contributed by atoms with Gasteiger partial charge in [0.1, 0.15) is 5.82 Å². The fraction of sp³-hybridized carbons (Fsp3) is 0.500. The van der Waals surface area contributed by atoms with Crippen molar-refractivity contribution in [2.75, 3.05) is 6.54 Å². The third kappa shape index (κ3) is 3.21. The van der Waals surface area contributed by atoms with Crippen LogP contribution in [0.1, 0.15) is 35.0 Å². The fourth-order valence-electron chi connectivity index (χ4n) is 2.01. The maximum absolute atomic E-state index is 4.42. The number of nitrogens with one attached hydrogen (secondary N) is 1. The van der Waals surface area contributed by atoms with Crippen LogP contribution < -0.4 is 5.32 Å². The van der Waals surface area contributed by atoms with Crippen LogP contribution in [0.15, 0.2) is 24.5 Å². The van der Waals surface area contributed by atoms with Gasteiger partial charge in [-0.05, 0) is 32.0 Å². The maximum Gasteiger partial charge on any atom is 0.110 e. The molecule has 0 amide bonds. The number of aromatic nitrogens is 2. The third-order valence-electron chi connectivity index (χ3n) is 3.05. The van der Waals surface area contributed by atoms with Gasteiger partial charge < -0.3 is 9.88 Å². The van der Waals surface area contributed by atoms with Gasteiger partial charge in [-0.2, -0.15) is 0 Å². The predicted octanol–water partition coefficient (Wildman–Crippen LogP) is 3.07. The first-order chi connectivity index (χ1) is 8.70. The molecule has 0 radical (unpaired) electrons. The molecule has 0 spiro atoms. The van der Waals surface area contributed by atoms with Crippen molar-refractivity contribution in [3.63, 3.8) is 0 Å². The van der Waals surface area contributed by atoms with Gasteiger partial charge in [-0.15, -0.1) is 11.3 Å². The molecule has 2 aromatic rings. The Morgan fingerprint density at radius 3 is 2.83 bits per heavy atom. The van der Waals surface area contributed by atoms with E-state index >= 15 is 0 Å². The molecule has 2 aromatic heterocycles. The highest BCUT2D eigenvalue weighted by atomic mass is 32.1. The van der Waals surface area contributed by atoms with Crippen LogP contribution in [-0.4, -0.2) is 16.1 Å². The van der Waals surface area contributed by atoms with Crippen molar-refractivity contribution in [2.24, 2.45) is 7.05 Å². The van der Waals surface area contributed by atoms with E-state index in [1.165, 1.54) is 9.75 Å². The molecule has 1 atom stereocenters. The summed E-state index contributed by atoms with van der Waals surface area (Å²) < 4.78 is 2.10. The standard InChI is InChI=1S/C14H21N3S/c1-4-7-15-12(13-6-5-11(2)18-13)10-14-16-8-9-17(14)3/h5-6,8-9,12,15H,4,7,10H2,1-3H3. The zero-order valence-corrected chi connectivity index (χ0v) is 12.1. The summed E-state index contributed by atoms with van der Waals surface area (Å²) in [5.41, 5.74) is 0. The molecular formula is C14H21N3S. The number of aryl methyl sites for hydroxylation is 2. The summed E-state index contributed by atoms with van der Waals surface area (Å²) in [4.78, 5) is 7.20. The van der Waals surface area contributed by atoms with Crippen molar-refractivity contribution in [2.45, 2.75) is 32.7 Å². The fourth-order valence-corrected chi connectivity index (χ4v) is 2.96. The Bertz CT molecular complexity index is 487. The summed E-state index contributed by atoms with van der Waals surface area (Å²) in [7, 11) is 2.05.